The Labute approximate surface area is 106 Å². The number of rotatable bonds is 5. The predicted molar refractivity (Wildman–Crippen MR) is 65.4 cm³/mol. The van der Waals surface area contributed by atoms with Crippen molar-refractivity contribution < 1.29 is 8.42 Å². The Morgan fingerprint density at radius 2 is 2.28 bits per heavy atom. The van der Waals surface area contributed by atoms with Crippen molar-refractivity contribution in [2.24, 2.45) is 5.73 Å². The van der Waals surface area contributed by atoms with E-state index < -0.39 is 10.0 Å². The summed E-state index contributed by atoms with van der Waals surface area (Å²) in [5.41, 5.74) is 6.31. The van der Waals surface area contributed by atoms with Crippen molar-refractivity contribution in [3.8, 4) is 0 Å². The van der Waals surface area contributed by atoms with Gasteiger partial charge in [0.25, 0.3) is 10.0 Å². The molecular weight excluding hydrogens is 278 g/mol. The van der Waals surface area contributed by atoms with Crippen LogP contribution in [-0.4, -0.2) is 23.6 Å². The summed E-state index contributed by atoms with van der Waals surface area (Å²) in [6.45, 7) is 0.0755. The Balaban J connectivity index is 2.15. The van der Waals surface area contributed by atoms with E-state index in [9.17, 15) is 13.2 Å². The Morgan fingerprint density at radius 1 is 1.50 bits per heavy atom. The number of aromatic amines is 2. The van der Waals surface area contributed by atoms with E-state index in [2.05, 4.69) is 19.9 Å². The van der Waals surface area contributed by atoms with E-state index in [-0.39, 0.29) is 23.0 Å². The fraction of sp³-hybridized carbons (Fsp3) is 0.250. The Kier molecular flexibility index (Phi) is 3.61. The molecular formula is C8H11N5O3S2. The van der Waals surface area contributed by atoms with Gasteiger partial charge in [-0.25, -0.2) is 13.1 Å². The fourth-order valence-corrected chi connectivity index (χ4v) is 3.05. The van der Waals surface area contributed by atoms with Crippen LogP contribution < -0.4 is 15.3 Å². The summed E-state index contributed by atoms with van der Waals surface area (Å²) < 4.78 is 26.2. The number of sulfonamides is 1. The molecule has 0 aliphatic heterocycles. The predicted octanol–water partition coefficient (Wildman–Crippen LogP) is -0.903. The standard InChI is InChI=1S/C8H11N5O3S2/c9-1-5-2-10-13-7(5)18(15,16)11-3-6-4-17-8(14)12-6/h2,4,11H,1,3,9H2,(H,10,13)(H,12,14). The van der Waals surface area contributed by atoms with Crippen LogP contribution in [0.3, 0.4) is 0 Å². The van der Waals surface area contributed by atoms with Crippen LogP contribution in [0.1, 0.15) is 11.3 Å². The summed E-state index contributed by atoms with van der Waals surface area (Å²) in [6.07, 6.45) is 1.36. The Hall–Kier alpha value is -1.49. The first-order chi connectivity index (χ1) is 8.53. The lowest BCUT2D eigenvalue weighted by Gasteiger charge is -2.04. The van der Waals surface area contributed by atoms with E-state index >= 15 is 0 Å². The third-order valence-electron chi connectivity index (χ3n) is 2.19. The van der Waals surface area contributed by atoms with Gasteiger partial charge < -0.3 is 10.7 Å². The largest absolute Gasteiger partial charge is 0.326 e. The van der Waals surface area contributed by atoms with Gasteiger partial charge in [0.1, 0.15) is 0 Å². The van der Waals surface area contributed by atoms with Crippen LogP contribution in [0.4, 0.5) is 0 Å². The smallest absolute Gasteiger partial charge is 0.304 e. The van der Waals surface area contributed by atoms with Gasteiger partial charge in [-0.05, 0) is 0 Å². The highest BCUT2D eigenvalue weighted by Gasteiger charge is 2.19. The molecule has 10 heteroatoms. The average Bonchev–Trinajstić information content (AvgIpc) is 2.95. The highest BCUT2D eigenvalue weighted by Crippen LogP contribution is 2.11. The zero-order valence-corrected chi connectivity index (χ0v) is 10.8. The van der Waals surface area contributed by atoms with E-state index in [1.807, 2.05) is 0 Å². The number of hydrogen-bond donors (Lipinski definition) is 4. The maximum atomic E-state index is 11.9. The highest BCUT2D eigenvalue weighted by molar-refractivity contribution is 7.89. The quantitative estimate of drug-likeness (QED) is 0.566. The van der Waals surface area contributed by atoms with Crippen molar-refractivity contribution in [1.29, 1.82) is 0 Å². The third-order valence-corrected chi connectivity index (χ3v) is 4.32. The van der Waals surface area contributed by atoms with Crippen LogP contribution in [0, 0.1) is 0 Å². The van der Waals surface area contributed by atoms with E-state index in [0.717, 1.165) is 11.3 Å². The lowest BCUT2D eigenvalue weighted by Crippen LogP contribution is -2.25. The van der Waals surface area contributed by atoms with Gasteiger partial charge in [-0.15, -0.1) is 0 Å². The fourth-order valence-electron chi connectivity index (χ4n) is 1.32. The molecule has 0 atom stereocenters. The van der Waals surface area contributed by atoms with Gasteiger partial charge in [-0.2, -0.15) is 5.10 Å². The van der Waals surface area contributed by atoms with Crippen molar-refractivity contribution in [3.05, 3.63) is 32.5 Å². The van der Waals surface area contributed by atoms with Crippen molar-refractivity contribution in [3.63, 3.8) is 0 Å². The molecule has 0 aromatic carbocycles. The summed E-state index contributed by atoms with van der Waals surface area (Å²) in [6, 6.07) is 0. The van der Waals surface area contributed by atoms with Crippen molar-refractivity contribution in [2.45, 2.75) is 18.1 Å². The van der Waals surface area contributed by atoms with E-state index in [0.29, 0.717) is 11.3 Å². The van der Waals surface area contributed by atoms with E-state index in [4.69, 9.17) is 5.73 Å². The molecule has 2 aromatic rings. The van der Waals surface area contributed by atoms with E-state index in [1.54, 1.807) is 5.38 Å². The van der Waals surface area contributed by atoms with Gasteiger partial charge >= 0.3 is 4.87 Å². The number of nitrogens with one attached hydrogen (secondary N) is 3. The van der Waals surface area contributed by atoms with Crippen LogP contribution in [0.15, 0.2) is 21.4 Å². The lowest BCUT2D eigenvalue weighted by atomic mass is 10.4. The minimum atomic E-state index is -3.71. The molecule has 0 aliphatic carbocycles. The average molecular weight is 289 g/mol. The number of aromatic nitrogens is 3. The minimum absolute atomic E-state index is 0.00407. The molecule has 0 fully saturated rings. The summed E-state index contributed by atoms with van der Waals surface area (Å²) in [4.78, 5) is 13.2. The SMILES string of the molecule is NCc1cn[nH]c1S(=O)(=O)NCc1csc(=O)[nH]1. The van der Waals surface area contributed by atoms with Crippen LogP contribution in [-0.2, 0) is 23.1 Å². The van der Waals surface area contributed by atoms with E-state index in [1.165, 1.54) is 6.20 Å². The van der Waals surface area contributed by atoms with Crippen LogP contribution in [0.5, 0.6) is 0 Å². The molecule has 2 aromatic heterocycles. The first kappa shape index (κ1) is 13.0. The number of H-pyrrole nitrogens is 2. The topological polar surface area (TPSA) is 134 Å². The number of hydrogen-bond acceptors (Lipinski definition) is 6. The molecule has 0 aliphatic rings. The lowest BCUT2D eigenvalue weighted by molar-refractivity contribution is 0.575. The van der Waals surface area contributed by atoms with Crippen LogP contribution in [0.2, 0.25) is 0 Å². The molecule has 0 spiro atoms. The van der Waals surface area contributed by atoms with Gasteiger partial charge in [0.2, 0.25) is 0 Å². The Morgan fingerprint density at radius 3 is 2.89 bits per heavy atom. The first-order valence-corrected chi connectivity index (χ1v) is 7.28. The molecule has 0 radical (unpaired) electrons. The number of thiazole rings is 1. The third kappa shape index (κ3) is 2.67. The maximum absolute atomic E-state index is 11.9. The van der Waals surface area contributed by atoms with Gasteiger partial charge in [-0.3, -0.25) is 9.89 Å². The minimum Gasteiger partial charge on any atom is -0.326 e. The summed E-state index contributed by atoms with van der Waals surface area (Å²) in [5.74, 6) is 0. The highest BCUT2D eigenvalue weighted by atomic mass is 32.2. The van der Waals surface area contributed by atoms with Gasteiger partial charge in [0, 0.05) is 23.2 Å². The van der Waals surface area contributed by atoms with Crippen molar-refractivity contribution >= 4 is 21.4 Å². The maximum Gasteiger partial charge on any atom is 0.304 e. The summed E-state index contributed by atoms with van der Waals surface area (Å²) in [5, 5.41) is 7.53. The van der Waals surface area contributed by atoms with Crippen LogP contribution in [0.25, 0.3) is 0 Å². The number of nitrogens with zero attached hydrogens (tertiary/aromatic N) is 1. The van der Waals surface area contributed by atoms with Gasteiger partial charge in [0.05, 0.1) is 12.7 Å². The summed E-state index contributed by atoms with van der Waals surface area (Å²) in [7, 11) is -3.71. The molecule has 0 unspecified atom stereocenters. The summed E-state index contributed by atoms with van der Waals surface area (Å²) >= 11 is 0.974. The zero-order chi connectivity index (χ0) is 13.2. The molecule has 0 saturated heterocycles. The second kappa shape index (κ2) is 5.02. The monoisotopic (exact) mass is 289 g/mol. The first-order valence-electron chi connectivity index (χ1n) is 4.91. The van der Waals surface area contributed by atoms with Gasteiger partial charge in [-0.1, -0.05) is 11.3 Å². The molecule has 98 valence electrons. The van der Waals surface area contributed by atoms with Gasteiger partial charge in [0.15, 0.2) is 5.03 Å². The molecule has 0 saturated carbocycles. The van der Waals surface area contributed by atoms with Crippen molar-refractivity contribution in [2.75, 3.05) is 0 Å². The molecule has 2 rings (SSSR count). The molecule has 8 nitrogen and oxygen atoms in total. The normalized spacial score (nSPS) is 11.8. The second-order valence-electron chi connectivity index (χ2n) is 3.43. The molecule has 2 heterocycles. The zero-order valence-electron chi connectivity index (χ0n) is 9.13. The molecule has 18 heavy (non-hydrogen) atoms. The second-order valence-corrected chi connectivity index (χ2v) is 5.97. The number of nitrogens with two attached hydrogens (primary N) is 1. The van der Waals surface area contributed by atoms with Crippen molar-refractivity contribution in [1.82, 2.24) is 19.9 Å². The Bertz CT molecular complexity index is 683. The molecule has 0 bridgehead atoms. The molecule has 5 N–H and O–H groups in total. The van der Waals surface area contributed by atoms with Crippen LogP contribution >= 0.6 is 11.3 Å². The molecule has 0 amide bonds.